The summed E-state index contributed by atoms with van der Waals surface area (Å²) in [4.78, 5) is 17.1. The van der Waals surface area contributed by atoms with Gasteiger partial charge in [0.2, 0.25) is 5.91 Å². The first-order valence-corrected chi connectivity index (χ1v) is 12.3. The molecule has 33 heavy (non-hydrogen) atoms. The summed E-state index contributed by atoms with van der Waals surface area (Å²) in [5.41, 5.74) is 1.48. The van der Waals surface area contributed by atoms with E-state index < -0.39 is 10.0 Å². The van der Waals surface area contributed by atoms with Gasteiger partial charge in [0.1, 0.15) is 11.5 Å². The van der Waals surface area contributed by atoms with Crippen molar-refractivity contribution in [2.45, 2.75) is 10.1 Å². The highest BCUT2D eigenvalue weighted by Crippen LogP contribution is 2.30. The van der Waals surface area contributed by atoms with Gasteiger partial charge < -0.3 is 14.8 Å². The molecule has 3 aromatic carbocycles. The number of ether oxygens (including phenoxy) is 2. The molecule has 10 heteroatoms. The first-order chi connectivity index (χ1) is 15.9. The van der Waals surface area contributed by atoms with E-state index in [1.807, 2.05) is 0 Å². The van der Waals surface area contributed by atoms with E-state index in [0.717, 1.165) is 11.8 Å². The smallest absolute Gasteiger partial charge is 0.270 e. The van der Waals surface area contributed by atoms with Crippen molar-refractivity contribution in [1.29, 1.82) is 0 Å². The van der Waals surface area contributed by atoms with Gasteiger partial charge in [0.15, 0.2) is 5.16 Å². The van der Waals surface area contributed by atoms with Crippen LogP contribution in [0.2, 0.25) is 0 Å². The van der Waals surface area contributed by atoms with Crippen LogP contribution in [0.4, 0.5) is 5.69 Å². The van der Waals surface area contributed by atoms with E-state index in [9.17, 15) is 13.2 Å². The number of nitrogens with one attached hydrogen (secondary N) is 1. The van der Waals surface area contributed by atoms with Gasteiger partial charge in [-0.05, 0) is 48.5 Å². The topological polar surface area (TPSA) is 99.5 Å². The number of carbonyl (C=O) groups excluding carboxylic acids is 1. The number of anilines is 1. The molecule has 1 N–H and O–H groups in total. The first-order valence-electron chi connectivity index (χ1n) is 9.87. The summed E-state index contributed by atoms with van der Waals surface area (Å²) in [6.07, 6.45) is 0. The van der Waals surface area contributed by atoms with Crippen molar-refractivity contribution in [3.63, 3.8) is 0 Å². The summed E-state index contributed by atoms with van der Waals surface area (Å²) in [7, 11) is -0.938. The van der Waals surface area contributed by atoms with Crippen LogP contribution < -0.4 is 14.8 Å². The molecule has 0 aliphatic heterocycles. The van der Waals surface area contributed by atoms with Crippen molar-refractivity contribution in [3.8, 4) is 11.5 Å². The molecule has 1 aromatic heterocycles. The molecule has 4 aromatic rings. The Kier molecular flexibility index (Phi) is 6.57. The van der Waals surface area contributed by atoms with E-state index in [4.69, 9.17) is 9.47 Å². The largest absolute Gasteiger partial charge is 0.497 e. The van der Waals surface area contributed by atoms with Gasteiger partial charge in [0.05, 0.1) is 41.6 Å². The minimum absolute atomic E-state index is 0.0422. The van der Waals surface area contributed by atoms with Crippen LogP contribution in [0.1, 0.15) is 0 Å². The molecule has 0 fully saturated rings. The number of rotatable bonds is 8. The van der Waals surface area contributed by atoms with Gasteiger partial charge in [-0.25, -0.2) is 17.4 Å². The van der Waals surface area contributed by atoms with E-state index >= 15 is 0 Å². The SMILES string of the molecule is COc1ccc(S(=O)(=O)n2c(SCC(=O)Nc3ccccc3OC)nc3ccccc32)cc1. The maximum absolute atomic E-state index is 13.5. The molecule has 4 rings (SSSR count). The molecule has 0 saturated heterocycles. The molecule has 0 bridgehead atoms. The minimum Gasteiger partial charge on any atom is -0.497 e. The van der Waals surface area contributed by atoms with Crippen LogP contribution in [0.3, 0.4) is 0 Å². The van der Waals surface area contributed by atoms with Gasteiger partial charge in [0, 0.05) is 0 Å². The third-order valence-corrected chi connectivity index (χ3v) is 7.57. The molecular formula is C23H21N3O5S2. The lowest BCUT2D eigenvalue weighted by Gasteiger charge is -2.12. The summed E-state index contributed by atoms with van der Waals surface area (Å²) in [5, 5.41) is 2.98. The number of benzene rings is 3. The lowest BCUT2D eigenvalue weighted by Crippen LogP contribution is -2.17. The van der Waals surface area contributed by atoms with Gasteiger partial charge >= 0.3 is 0 Å². The maximum Gasteiger partial charge on any atom is 0.270 e. The highest BCUT2D eigenvalue weighted by molar-refractivity contribution is 8.00. The molecule has 1 heterocycles. The van der Waals surface area contributed by atoms with E-state index in [1.54, 1.807) is 60.7 Å². The minimum atomic E-state index is -3.97. The number of hydrogen-bond acceptors (Lipinski definition) is 7. The lowest BCUT2D eigenvalue weighted by molar-refractivity contribution is -0.113. The number of thioether (sulfide) groups is 1. The van der Waals surface area contributed by atoms with Crippen LogP contribution >= 0.6 is 11.8 Å². The molecule has 170 valence electrons. The molecular weight excluding hydrogens is 462 g/mol. The van der Waals surface area contributed by atoms with Gasteiger partial charge in [0.25, 0.3) is 10.0 Å². The number of fused-ring (bicyclic) bond motifs is 1. The number of nitrogens with zero attached hydrogens (tertiary/aromatic N) is 2. The van der Waals surface area contributed by atoms with Crippen LogP contribution in [0.5, 0.6) is 11.5 Å². The van der Waals surface area contributed by atoms with Crippen molar-refractivity contribution in [3.05, 3.63) is 72.8 Å². The zero-order valence-corrected chi connectivity index (χ0v) is 19.5. The fraction of sp³-hybridized carbons (Fsp3) is 0.130. The van der Waals surface area contributed by atoms with E-state index in [0.29, 0.717) is 28.2 Å². The second-order valence-corrected chi connectivity index (χ2v) is 9.59. The van der Waals surface area contributed by atoms with Gasteiger partial charge in [-0.3, -0.25) is 4.79 Å². The van der Waals surface area contributed by atoms with Crippen molar-refractivity contribution in [1.82, 2.24) is 8.96 Å². The summed E-state index contributed by atoms with van der Waals surface area (Å²) >= 11 is 1.04. The zero-order chi connectivity index (χ0) is 23.4. The van der Waals surface area contributed by atoms with E-state index in [-0.39, 0.29) is 21.7 Å². The number of imidazole rings is 1. The van der Waals surface area contributed by atoms with Gasteiger partial charge in [-0.2, -0.15) is 0 Å². The standard InChI is InChI=1S/C23H21N3O5S2/c1-30-16-11-13-17(14-12-16)33(28,29)26-20-9-5-3-7-18(20)25-23(26)32-15-22(27)24-19-8-4-6-10-21(19)31-2/h3-14H,15H2,1-2H3,(H,24,27). The predicted molar refractivity (Wildman–Crippen MR) is 128 cm³/mol. The zero-order valence-electron chi connectivity index (χ0n) is 17.9. The Morgan fingerprint density at radius 1 is 0.970 bits per heavy atom. The quantitative estimate of drug-likeness (QED) is 0.378. The monoisotopic (exact) mass is 483 g/mol. The third kappa shape index (κ3) is 4.67. The summed E-state index contributed by atoms with van der Waals surface area (Å²) in [6.45, 7) is 0. The highest BCUT2D eigenvalue weighted by atomic mass is 32.2. The molecule has 0 saturated carbocycles. The van der Waals surface area contributed by atoms with Crippen LogP contribution in [0.25, 0.3) is 11.0 Å². The Morgan fingerprint density at radius 3 is 2.39 bits per heavy atom. The molecule has 1 amide bonds. The van der Waals surface area contributed by atoms with Crippen molar-refractivity contribution in [2.75, 3.05) is 25.3 Å². The first kappa shape index (κ1) is 22.7. The number of methoxy groups -OCH3 is 2. The van der Waals surface area contributed by atoms with Crippen molar-refractivity contribution in [2.24, 2.45) is 0 Å². The average molecular weight is 484 g/mol. The second kappa shape index (κ2) is 9.55. The Morgan fingerprint density at radius 2 is 1.67 bits per heavy atom. The third-order valence-electron chi connectivity index (χ3n) is 4.80. The van der Waals surface area contributed by atoms with Crippen LogP contribution in [-0.4, -0.2) is 43.3 Å². The van der Waals surface area contributed by atoms with Crippen LogP contribution in [0, 0.1) is 0 Å². The lowest BCUT2D eigenvalue weighted by atomic mass is 10.3. The molecule has 8 nitrogen and oxygen atoms in total. The fourth-order valence-corrected chi connectivity index (χ4v) is 5.74. The highest BCUT2D eigenvalue weighted by Gasteiger charge is 2.25. The Labute approximate surface area is 195 Å². The van der Waals surface area contributed by atoms with Gasteiger partial charge in [-0.15, -0.1) is 0 Å². The van der Waals surface area contributed by atoms with Gasteiger partial charge in [-0.1, -0.05) is 36.0 Å². The normalized spacial score (nSPS) is 11.3. The summed E-state index contributed by atoms with van der Waals surface area (Å²) < 4.78 is 38.5. The average Bonchev–Trinajstić information content (AvgIpc) is 3.22. The number of hydrogen-bond donors (Lipinski definition) is 1. The molecule has 0 atom stereocenters. The number of aromatic nitrogens is 2. The number of para-hydroxylation sites is 4. The fourth-order valence-electron chi connectivity index (χ4n) is 3.22. The summed E-state index contributed by atoms with van der Waals surface area (Å²) in [6, 6.07) is 20.1. The molecule has 0 unspecified atom stereocenters. The molecule has 0 radical (unpaired) electrons. The van der Waals surface area contributed by atoms with Crippen molar-refractivity contribution < 1.29 is 22.7 Å². The number of amides is 1. The van der Waals surface area contributed by atoms with E-state index in [1.165, 1.54) is 30.3 Å². The Bertz CT molecular complexity index is 1400. The molecule has 0 spiro atoms. The number of carbonyl (C=O) groups is 1. The molecule has 0 aliphatic carbocycles. The predicted octanol–water partition coefficient (Wildman–Crippen LogP) is 4.02. The molecule has 0 aliphatic rings. The van der Waals surface area contributed by atoms with E-state index in [2.05, 4.69) is 10.3 Å². The van der Waals surface area contributed by atoms with Crippen LogP contribution in [0.15, 0.2) is 82.8 Å². The maximum atomic E-state index is 13.5. The Hall–Kier alpha value is -3.50. The van der Waals surface area contributed by atoms with Crippen molar-refractivity contribution >= 4 is 44.4 Å². The van der Waals surface area contributed by atoms with Crippen LogP contribution in [-0.2, 0) is 14.8 Å². The summed E-state index contributed by atoms with van der Waals surface area (Å²) in [5.74, 6) is 0.724. The second-order valence-electron chi connectivity index (χ2n) is 6.87. The Balaban J connectivity index is 1.64.